The number of hydrogen-bond donors (Lipinski definition) is 2. The molecular formula is C21H26N2O2. The van der Waals surface area contributed by atoms with Crippen LogP contribution in [0.1, 0.15) is 48.8 Å². The second kappa shape index (κ2) is 7.14. The number of benzene rings is 1. The van der Waals surface area contributed by atoms with Crippen LogP contribution >= 0.6 is 0 Å². The van der Waals surface area contributed by atoms with Gasteiger partial charge < -0.3 is 15.4 Å². The number of fused-ring (bicyclic) bond motifs is 3. The Morgan fingerprint density at radius 3 is 2.92 bits per heavy atom. The first-order chi connectivity index (χ1) is 12.3. The summed E-state index contributed by atoms with van der Waals surface area (Å²) in [6.45, 7) is 2.41. The maximum Gasteiger partial charge on any atom is 0.228 e. The van der Waals surface area contributed by atoms with E-state index in [2.05, 4.69) is 28.8 Å². The summed E-state index contributed by atoms with van der Waals surface area (Å²) >= 11 is 0. The Morgan fingerprint density at radius 2 is 2.04 bits per heavy atom. The van der Waals surface area contributed by atoms with Crippen molar-refractivity contribution in [3.05, 3.63) is 51.6 Å². The molecule has 0 aromatic heterocycles. The van der Waals surface area contributed by atoms with Gasteiger partial charge in [0, 0.05) is 38.6 Å². The number of amides is 1. The molecule has 1 aromatic carbocycles. The Morgan fingerprint density at radius 1 is 1.16 bits per heavy atom. The summed E-state index contributed by atoms with van der Waals surface area (Å²) in [5.74, 6) is 0.149. The highest BCUT2D eigenvalue weighted by molar-refractivity contribution is 5.94. The summed E-state index contributed by atoms with van der Waals surface area (Å²) in [7, 11) is 1.72. The molecule has 0 atom stereocenters. The summed E-state index contributed by atoms with van der Waals surface area (Å²) < 4.78 is 5.11. The molecule has 0 spiro atoms. The van der Waals surface area contributed by atoms with E-state index in [0.29, 0.717) is 6.42 Å². The minimum absolute atomic E-state index is 0.149. The van der Waals surface area contributed by atoms with E-state index in [4.69, 9.17) is 4.74 Å². The van der Waals surface area contributed by atoms with Crippen molar-refractivity contribution in [3.63, 3.8) is 0 Å². The van der Waals surface area contributed by atoms with Crippen LogP contribution in [0, 0.1) is 0 Å². The molecule has 25 heavy (non-hydrogen) atoms. The number of carbonyl (C=O) groups is 1. The lowest BCUT2D eigenvalue weighted by Crippen LogP contribution is -2.21. The lowest BCUT2D eigenvalue weighted by Gasteiger charge is -2.20. The predicted molar refractivity (Wildman–Crippen MR) is 98.9 cm³/mol. The highest BCUT2D eigenvalue weighted by atomic mass is 16.5. The number of methoxy groups -OCH3 is 1. The lowest BCUT2D eigenvalue weighted by atomic mass is 9.85. The zero-order valence-corrected chi connectivity index (χ0v) is 14.9. The molecule has 0 radical (unpaired) electrons. The van der Waals surface area contributed by atoms with Gasteiger partial charge in [0.1, 0.15) is 0 Å². The molecule has 0 saturated heterocycles. The van der Waals surface area contributed by atoms with Crippen molar-refractivity contribution in [2.45, 2.75) is 45.1 Å². The third-order valence-electron chi connectivity index (χ3n) is 5.58. The van der Waals surface area contributed by atoms with Gasteiger partial charge >= 0.3 is 0 Å². The predicted octanol–water partition coefficient (Wildman–Crippen LogP) is 3.08. The molecule has 1 heterocycles. The number of rotatable bonds is 5. The average Bonchev–Trinajstić information content (AvgIpc) is 2.91. The van der Waals surface area contributed by atoms with Gasteiger partial charge in [-0.1, -0.05) is 23.8 Å². The molecule has 0 fully saturated rings. The molecule has 0 bridgehead atoms. The normalized spacial score (nSPS) is 19.3. The van der Waals surface area contributed by atoms with Gasteiger partial charge in [0.15, 0.2) is 0 Å². The van der Waals surface area contributed by atoms with Gasteiger partial charge in [0.25, 0.3) is 0 Å². The number of hydrogen-bond acceptors (Lipinski definition) is 3. The summed E-state index contributed by atoms with van der Waals surface area (Å²) in [5, 5.41) is 6.66. The first-order valence-electron chi connectivity index (χ1n) is 9.33. The standard InChI is InChI=1S/C21H26N2O2/c1-25-10-9-22-13-15-6-4-8-17-18(15)12-19-16-7-3-2-5-14(16)11-20(24)23-21(17)19/h4,6,8,22H,2-3,5,7,9-13H2,1H3,(H,23,24). The van der Waals surface area contributed by atoms with E-state index in [1.54, 1.807) is 7.11 Å². The molecule has 0 saturated carbocycles. The quantitative estimate of drug-likeness (QED) is 0.811. The molecule has 4 nitrogen and oxygen atoms in total. The van der Waals surface area contributed by atoms with Crippen LogP contribution in [0.25, 0.3) is 5.70 Å². The lowest BCUT2D eigenvalue weighted by molar-refractivity contribution is -0.119. The van der Waals surface area contributed by atoms with E-state index >= 15 is 0 Å². The summed E-state index contributed by atoms with van der Waals surface area (Å²) in [6, 6.07) is 6.46. The van der Waals surface area contributed by atoms with Gasteiger partial charge in [0.2, 0.25) is 5.91 Å². The van der Waals surface area contributed by atoms with E-state index in [0.717, 1.165) is 44.7 Å². The molecule has 1 aliphatic heterocycles. The van der Waals surface area contributed by atoms with Crippen molar-refractivity contribution in [3.8, 4) is 0 Å². The Kier molecular flexibility index (Phi) is 4.73. The first-order valence-corrected chi connectivity index (χ1v) is 9.33. The van der Waals surface area contributed by atoms with Gasteiger partial charge in [-0.3, -0.25) is 4.79 Å². The molecule has 1 amide bonds. The smallest absolute Gasteiger partial charge is 0.228 e. The van der Waals surface area contributed by atoms with E-state index in [9.17, 15) is 4.79 Å². The average molecular weight is 338 g/mol. The number of ether oxygens (including phenoxy) is 1. The second-order valence-corrected chi connectivity index (χ2v) is 7.16. The zero-order valence-electron chi connectivity index (χ0n) is 14.9. The number of nitrogens with one attached hydrogen (secondary N) is 2. The van der Waals surface area contributed by atoms with Crippen molar-refractivity contribution in [1.29, 1.82) is 0 Å². The molecule has 4 rings (SSSR count). The summed E-state index contributed by atoms with van der Waals surface area (Å²) in [5.41, 5.74) is 9.21. The molecule has 3 aliphatic rings. The van der Waals surface area contributed by atoms with E-state index in [1.165, 1.54) is 46.3 Å². The van der Waals surface area contributed by atoms with Crippen molar-refractivity contribution < 1.29 is 9.53 Å². The SMILES string of the molecule is COCCNCc1cccc2c1CC1=C2NC(=O)CC2=C1CCCC2. The largest absolute Gasteiger partial charge is 0.383 e. The fraction of sp³-hybridized carbons (Fsp3) is 0.476. The van der Waals surface area contributed by atoms with Gasteiger partial charge in [-0.2, -0.15) is 0 Å². The third kappa shape index (κ3) is 3.16. The molecule has 1 aromatic rings. The molecule has 4 heteroatoms. The zero-order chi connectivity index (χ0) is 17.2. The van der Waals surface area contributed by atoms with Gasteiger partial charge in [0.05, 0.1) is 12.3 Å². The van der Waals surface area contributed by atoms with Crippen LogP contribution < -0.4 is 10.6 Å². The summed E-state index contributed by atoms with van der Waals surface area (Å²) in [6.07, 6.45) is 6.20. The van der Waals surface area contributed by atoms with Crippen molar-refractivity contribution in [1.82, 2.24) is 10.6 Å². The van der Waals surface area contributed by atoms with Crippen molar-refractivity contribution >= 4 is 11.6 Å². The van der Waals surface area contributed by atoms with E-state index in [-0.39, 0.29) is 5.91 Å². The monoisotopic (exact) mass is 338 g/mol. The Labute approximate surface area is 149 Å². The van der Waals surface area contributed by atoms with Crippen LogP contribution in [0.2, 0.25) is 0 Å². The fourth-order valence-corrected chi connectivity index (χ4v) is 4.37. The topological polar surface area (TPSA) is 50.4 Å². The van der Waals surface area contributed by atoms with Gasteiger partial charge in [-0.15, -0.1) is 0 Å². The minimum atomic E-state index is 0.149. The van der Waals surface area contributed by atoms with Crippen LogP contribution in [0.4, 0.5) is 0 Å². The molecule has 132 valence electrons. The molecule has 2 aliphatic carbocycles. The summed E-state index contributed by atoms with van der Waals surface area (Å²) in [4.78, 5) is 12.4. The van der Waals surface area contributed by atoms with Gasteiger partial charge in [-0.05, 0) is 48.0 Å². The number of carbonyl (C=O) groups excluding carboxylic acids is 1. The van der Waals surface area contributed by atoms with E-state index in [1.807, 2.05) is 0 Å². The molecule has 0 unspecified atom stereocenters. The van der Waals surface area contributed by atoms with Crippen molar-refractivity contribution in [2.24, 2.45) is 0 Å². The first kappa shape index (κ1) is 16.6. The molecule has 2 N–H and O–H groups in total. The number of allylic oxidation sites excluding steroid dienone is 2. The molecular weight excluding hydrogens is 312 g/mol. The minimum Gasteiger partial charge on any atom is -0.383 e. The van der Waals surface area contributed by atoms with Crippen LogP contribution in [0.5, 0.6) is 0 Å². The fourth-order valence-electron chi connectivity index (χ4n) is 4.37. The van der Waals surface area contributed by atoms with Crippen LogP contribution in [-0.2, 0) is 22.5 Å². The van der Waals surface area contributed by atoms with Crippen LogP contribution in [0.3, 0.4) is 0 Å². The van der Waals surface area contributed by atoms with Crippen molar-refractivity contribution in [2.75, 3.05) is 20.3 Å². The Balaban J connectivity index is 1.65. The highest BCUT2D eigenvalue weighted by Gasteiger charge is 2.31. The second-order valence-electron chi connectivity index (χ2n) is 7.16. The van der Waals surface area contributed by atoms with E-state index < -0.39 is 0 Å². The third-order valence-corrected chi connectivity index (χ3v) is 5.58. The maximum absolute atomic E-state index is 12.4. The van der Waals surface area contributed by atoms with Crippen LogP contribution in [0.15, 0.2) is 34.9 Å². The highest BCUT2D eigenvalue weighted by Crippen LogP contribution is 2.43. The Hall–Kier alpha value is -1.91. The van der Waals surface area contributed by atoms with Crippen LogP contribution in [-0.4, -0.2) is 26.2 Å². The Bertz CT molecular complexity index is 761. The maximum atomic E-state index is 12.4. The van der Waals surface area contributed by atoms with Gasteiger partial charge in [-0.25, -0.2) is 0 Å².